The van der Waals surface area contributed by atoms with E-state index in [9.17, 15) is 0 Å². The van der Waals surface area contributed by atoms with Gasteiger partial charge in [-0.2, -0.15) is 0 Å². The van der Waals surface area contributed by atoms with Crippen LogP contribution in [0.25, 0.3) is 0 Å². The standard InChI is InChI=1S/C12H22O2/c1-10(2)8-13-7-6-12(5)14-9-11(3)4/h8-9,12H,6-7H2,1-5H3. The fourth-order valence-electron chi connectivity index (χ4n) is 0.780. The lowest BCUT2D eigenvalue weighted by Crippen LogP contribution is -2.07. The second-order valence-corrected chi connectivity index (χ2v) is 4.00. The Morgan fingerprint density at radius 1 is 1.07 bits per heavy atom. The largest absolute Gasteiger partial charge is 0.501 e. The zero-order chi connectivity index (χ0) is 11.0. The van der Waals surface area contributed by atoms with Crippen LogP contribution in [0.2, 0.25) is 0 Å². The SMILES string of the molecule is CC(C)=COCCC(C)OC=C(C)C. The summed E-state index contributed by atoms with van der Waals surface area (Å²) in [5.41, 5.74) is 2.37. The van der Waals surface area contributed by atoms with E-state index in [4.69, 9.17) is 9.47 Å². The van der Waals surface area contributed by atoms with E-state index in [0.29, 0.717) is 6.61 Å². The Bertz CT molecular complexity index is 196. The van der Waals surface area contributed by atoms with Gasteiger partial charge in [0.25, 0.3) is 0 Å². The van der Waals surface area contributed by atoms with Crippen LogP contribution in [-0.4, -0.2) is 12.7 Å². The molecular formula is C12H22O2. The van der Waals surface area contributed by atoms with Gasteiger partial charge in [0.15, 0.2) is 0 Å². The molecule has 1 atom stereocenters. The van der Waals surface area contributed by atoms with Gasteiger partial charge in [-0.25, -0.2) is 0 Å². The fourth-order valence-corrected chi connectivity index (χ4v) is 0.780. The van der Waals surface area contributed by atoms with Crippen molar-refractivity contribution in [3.63, 3.8) is 0 Å². The van der Waals surface area contributed by atoms with Gasteiger partial charge >= 0.3 is 0 Å². The maximum absolute atomic E-state index is 5.45. The lowest BCUT2D eigenvalue weighted by molar-refractivity contribution is 0.117. The van der Waals surface area contributed by atoms with Crippen LogP contribution in [0.4, 0.5) is 0 Å². The molecule has 0 bridgehead atoms. The molecule has 0 saturated carbocycles. The molecule has 14 heavy (non-hydrogen) atoms. The summed E-state index contributed by atoms with van der Waals surface area (Å²) in [6, 6.07) is 0. The summed E-state index contributed by atoms with van der Waals surface area (Å²) in [6.07, 6.45) is 4.71. The van der Waals surface area contributed by atoms with Gasteiger partial charge in [-0.3, -0.25) is 0 Å². The minimum absolute atomic E-state index is 0.218. The topological polar surface area (TPSA) is 18.5 Å². The Morgan fingerprint density at radius 3 is 2.14 bits per heavy atom. The van der Waals surface area contributed by atoms with Crippen LogP contribution in [0.1, 0.15) is 41.0 Å². The first-order chi connectivity index (χ1) is 6.52. The minimum Gasteiger partial charge on any atom is -0.501 e. The van der Waals surface area contributed by atoms with E-state index in [1.54, 1.807) is 12.5 Å². The Kier molecular flexibility index (Phi) is 6.99. The van der Waals surface area contributed by atoms with Crippen molar-refractivity contribution < 1.29 is 9.47 Å². The number of allylic oxidation sites excluding steroid dienone is 2. The summed E-state index contributed by atoms with van der Waals surface area (Å²) in [5.74, 6) is 0. The highest BCUT2D eigenvalue weighted by Crippen LogP contribution is 2.01. The Labute approximate surface area is 87.6 Å². The van der Waals surface area contributed by atoms with Crippen LogP contribution < -0.4 is 0 Å². The predicted octanol–water partition coefficient (Wildman–Crippen LogP) is 3.65. The molecule has 0 spiro atoms. The highest BCUT2D eigenvalue weighted by atomic mass is 16.5. The molecule has 1 unspecified atom stereocenters. The summed E-state index contributed by atoms with van der Waals surface area (Å²) in [5, 5.41) is 0. The minimum atomic E-state index is 0.218. The molecule has 0 amide bonds. The zero-order valence-electron chi connectivity index (χ0n) is 9.96. The second-order valence-electron chi connectivity index (χ2n) is 4.00. The van der Waals surface area contributed by atoms with E-state index in [1.165, 1.54) is 11.1 Å². The third kappa shape index (κ3) is 9.17. The van der Waals surface area contributed by atoms with Crippen molar-refractivity contribution in [2.75, 3.05) is 6.61 Å². The van der Waals surface area contributed by atoms with Crippen molar-refractivity contribution in [1.29, 1.82) is 0 Å². The van der Waals surface area contributed by atoms with Crippen molar-refractivity contribution in [2.45, 2.75) is 47.1 Å². The van der Waals surface area contributed by atoms with Gasteiger partial charge in [-0.05, 0) is 45.8 Å². The molecule has 0 radical (unpaired) electrons. The van der Waals surface area contributed by atoms with Crippen molar-refractivity contribution in [3.05, 3.63) is 23.7 Å². The molecule has 82 valence electrons. The van der Waals surface area contributed by atoms with E-state index in [1.807, 2.05) is 34.6 Å². The molecule has 0 aromatic rings. The van der Waals surface area contributed by atoms with Gasteiger partial charge < -0.3 is 9.47 Å². The van der Waals surface area contributed by atoms with E-state index >= 15 is 0 Å². The summed E-state index contributed by atoms with van der Waals surface area (Å²) in [7, 11) is 0. The molecule has 0 aliphatic heterocycles. The van der Waals surface area contributed by atoms with Crippen LogP contribution >= 0.6 is 0 Å². The van der Waals surface area contributed by atoms with E-state index in [2.05, 4.69) is 0 Å². The molecule has 0 fully saturated rings. The maximum Gasteiger partial charge on any atom is 0.0982 e. The molecule has 0 aliphatic carbocycles. The summed E-state index contributed by atoms with van der Waals surface area (Å²) in [4.78, 5) is 0. The monoisotopic (exact) mass is 198 g/mol. The molecule has 0 heterocycles. The summed E-state index contributed by atoms with van der Waals surface area (Å²) in [6.45, 7) is 10.8. The average molecular weight is 198 g/mol. The van der Waals surface area contributed by atoms with Crippen molar-refractivity contribution in [2.24, 2.45) is 0 Å². The van der Waals surface area contributed by atoms with Crippen LogP contribution in [0.15, 0.2) is 23.7 Å². The van der Waals surface area contributed by atoms with E-state index in [0.717, 1.165) is 6.42 Å². The van der Waals surface area contributed by atoms with Crippen LogP contribution in [0.5, 0.6) is 0 Å². The van der Waals surface area contributed by atoms with Gasteiger partial charge in [0.2, 0.25) is 0 Å². The van der Waals surface area contributed by atoms with Crippen LogP contribution in [0, 0.1) is 0 Å². The highest BCUT2D eigenvalue weighted by molar-refractivity contribution is 4.87. The van der Waals surface area contributed by atoms with Gasteiger partial charge in [0.1, 0.15) is 0 Å². The molecule has 2 nitrogen and oxygen atoms in total. The fraction of sp³-hybridized carbons (Fsp3) is 0.667. The number of rotatable bonds is 6. The van der Waals surface area contributed by atoms with Gasteiger partial charge in [-0.15, -0.1) is 0 Å². The predicted molar refractivity (Wildman–Crippen MR) is 60.0 cm³/mol. The van der Waals surface area contributed by atoms with Gasteiger partial charge in [0, 0.05) is 6.42 Å². The summed E-state index contributed by atoms with van der Waals surface area (Å²) < 4.78 is 10.8. The van der Waals surface area contributed by atoms with E-state index < -0.39 is 0 Å². The first kappa shape index (κ1) is 13.1. The number of hydrogen-bond acceptors (Lipinski definition) is 2. The zero-order valence-corrected chi connectivity index (χ0v) is 9.96. The molecule has 0 aliphatic rings. The third-order valence-corrected chi connectivity index (χ3v) is 1.50. The Hall–Kier alpha value is -0.920. The third-order valence-electron chi connectivity index (χ3n) is 1.50. The van der Waals surface area contributed by atoms with Crippen molar-refractivity contribution in [3.8, 4) is 0 Å². The Morgan fingerprint density at radius 2 is 1.64 bits per heavy atom. The maximum atomic E-state index is 5.45. The average Bonchev–Trinajstić information content (AvgIpc) is 2.08. The lowest BCUT2D eigenvalue weighted by Gasteiger charge is -2.11. The van der Waals surface area contributed by atoms with Crippen molar-refractivity contribution in [1.82, 2.24) is 0 Å². The van der Waals surface area contributed by atoms with Crippen LogP contribution in [-0.2, 0) is 9.47 Å². The number of ether oxygens (including phenoxy) is 2. The molecule has 0 saturated heterocycles. The molecular weight excluding hydrogens is 176 g/mol. The molecule has 2 heteroatoms. The molecule has 0 aromatic carbocycles. The lowest BCUT2D eigenvalue weighted by atomic mass is 10.3. The van der Waals surface area contributed by atoms with Gasteiger partial charge in [-0.1, -0.05) is 0 Å². The number of hydrogen-bond donors (Lipinski definition) is 0. The first-order valence-corrected chi connectivity index (χ1v) is 5.06. The quantitative estimate of drug-likeness (QED) is 0.479. The molecule has 0 rings (SSSR count). The van der Waals surface area contributed by atoms with Crippen LogP contribution in [0.3, 0.4) is 0 Å². The second kappa shape index (κ2) is 7.48. The Balaban J connectivity index is 3.50. The van der Waals surface area contributed by atoms with E-state index in [-0.39, 0.29) is 6.10 Å². The van der Waals surface area contributed by atoms with Crippen molar-refractivity contribution >= 4 is 0 Å². The smallest absolute Gasteiger partial charge is 0.0982 e. The molecule has 0 aromatic heterocycles. The normalized spacial score (nSPS) is 11.5. The summed E-state index contributed by atoms with van der Waals surface area (Å²) >= 11 is 0. The van der Waals surface area contributed by atoms with Gasteiger partial charge in [0.05, 0.1) is 25.2 Å². The highest BCUT2D eigenvalue weighted by Gasteiger charge is 1.99. The first-order valence-electron chi connectivity index (χ1n) is 5.06. The molecule has 0 N–H and O–H groups in total.